The molecule has 7 nitrogen and oxygen atoms in total. The SMILES string of the molecule is CC1C(=O)N(c2ccc(SC(F)(F)F)cc2)C(=O)N1Cc1ccncc1NC(=O)c1ccccc1. The number of rotatable bonds is 6. The van der Waals surface area contributed by atoms with Crippen molar-refractivity contribution in [3.8, 4) is 0 Å². The number of amides is 4. The lowest BCUT2D eigenvalue weighted by Crippen LogP contribution is -2.33. The molecule has 1 N–H and O–H groups in total. The normalized spacial score (nSPS) is 16.1. The van der Waals surface area contributed by atoms with Gasteiger partial charge in [0.1, 0.15) is 6.04 Å². The fourth-order valence-electron chi connectivity index (χ4n) is 3.59. The smallest absolute Gasteiger partial charge is 0.320 e. The molecule has 0 aliphatic carbocycles. The van der Waals surface area contributed by atoms with E-state index < -0.39 is 23.5 Å². The summed E-state index contributed by atoms with van der Waals surface area (Å²) in [5.41, 5.74) is -2.86. The zero-order chi connectivity index (χ0) is 25.2. The van der Waals surface area contributed by atoms with Crippen molar-refractivity contribution in [1.29, 1.82) is 0 Å². The number of hydrogen-bond donors (Lipinski definition) is 1. The van der Waals surface area contributed by atoms with Gasteiger partial charge < -0.3 is 10.2 Å². The predicted molar refractivity (Wildman–Crippen MR) is 125 cm³/mol. The molecule has 0 radical (unpaired) electrons. The molecular formula is C24H19F3N4O3S. The molecule has 1 aliphatic heterocycles. The highest BCUT2D eigenvalue weighted by molar-refractivity contribution is 8.00. The first-order valence-electron chi connectivity index (χ1n) is 10.4. The Morgan fingerprint density at radius 3 is 2.40 bits per heavy atom. The van der Waals surface area contributed by atoms with E-state index >= 15 is 0 Å². The minimum Gasteiger partial charge on any atom is -0.320 e. The maximum absolute atomic E-state index is 13.1. The monoisotopic (exact) mass is 500 g/mol. The highest BCUT2D eigenvalue weighted by Gasteiger charge is 2.43. The fraction of sp³-hybridized carbons (Fsp3) is 0.167. The van der Waals surface area contributed by atoms with Crippen molar-refractivity contribution in [2.75, 3.05) is 10.2 Å². The maximum Gasteiger partial charge on any atom is 0.446 e. The summed E-state index contributed by atoms with van der Waals surface area (Å²) >= 11 is -0.278. The molecule has 2 aromatic carbocycles. The lowest BCUT2D eigenvalue weighted by molar-refractivity contribution is -0.119. The molecule has 4 amide bonds. The Morgan fingerprint density at radius 1 is 1.06 bits per heavy atom. The number of anilines is 2. The van der Waals surface area contributed by atoms with E-state index in [0.717, 1.165) is 4.90 Å². The van der Waals surface area contributed by atoms with E-state index in [0.29, 0.717) is 16.8 Å². The van der Waals surface area contributed by atoms with Crippen LogP contribution in [0.5, 0.6) is 0 Å². The first-order valence-corrected chi connectivity index (χ1v) is 11.3. The number of pyridine rings is 1. The minimum atomic E-state index is -4.44. The number of hydrogen-bond acceptors (Lipinski definition) is 5. The van der Waals surface area contributed by atoms with Gasteiger partial charge in [-0.15, -0.1) is 0 Å². The third-order valence-corrected chi connectivity index (χ3v) is 6.09. The molecule has 4 rings (SSSR count). The van der Waals surface area contributed by atoms with Gasteiger partial charge in [0.15, 0.2) is 0 Å². The number of carbonyl (C=O) groups is 3. The molecule has 2 heterocycles. The number of benzene rings is 2. The van der Waals surface area contributed by atoms with E-state index in [2.05, 4.69) is 10.3 Å². The first-order chi connectivity index (χ1) is 16.6. The number of thioether (sulfide) groups is 1. The molecule has 180 valence electrons. The van der Waals surface area contributed by atoms with Crippen molar-refractivity contribution in [2.24, 2.45) is 0 Å². The Kier molecular flexibility index (Phi) is 6.79. The summed E-state index contributed by atoms with van der Waals surface area (Å²) in [7, 11) is 0. The van der Waals surface area contributed by atoms with E-state index in [4.69, 9.17) is 0 Å². The Labute approximate surface area is 202 Å². The molecule has 3 aromatic rings. The average molecular weight is 501 g/mol. The summed E-state index contributed by atoms with van der Waals surface area (Å²) < 4.78 is 37.8. The standard InChI is InChI=1S/C24H19F3N4O3S/c1-15-22(33)31(18-7-9-19(10-8-18)35-24(25,26)27)23(34)30(15)14-17-11-12-28-13-20(17)29-21(32)16-5-3-2-4-6-16/h2-13,15H,14H2,1H3,(H,29,32). The number of alkyl halides is 3. The zero-order valence-corrected chi connectivity index (χ0v) is 19.1. The first kappa shape index (κ1) is 24.3. The summed E-state index contributed by atoms with van der Waals surface area (Å²) in [6.45, 7) is 1.58. The van der Waals surface area contributed by atoms with Gasteiger partial charge in [0.25, 0.3) is 11.8 Å². The van der Waals surface area contributed by atoms with Crippen LogP contribution in [0.4, 0.5) is 29.3 Å². The molecule has 0 bridgehead atoms. The molecule has 1 aromatic heterocycles. The molecule has 0 saturated carbocycles. The molecule has 1 fully saturated rings. The highest BCUT2D eigenvalue weighted by Crippen LogP contribution is 2.38. The Bertz CT molecular complexity index is 1250. The highest BCUT2D eigenvalue weighted by atomic mass is 32.2. The van der Waals surface area contributed by atoms with Gasteiger partial charge in [0.2, 0.25) is 0 Å². The van der Waals surface area contributed by atoms with Crippen LogP contribution in [0.1, 0.15) is 22.8 Å². The molecule has 1 aliphatic rings. The summed E-state index contributed by atoms with van der Waals surface area (Å²) in [4.78, 5) is 44.9. The molecule has 11 heteroatoms. The van der Waals surface area contributed by atoms with Gasteiger partial charge in [-0.3, -0.25) is 14.6 Å². The maximum atomic E-state index is 13.1. The van der Waals surface area contributed by atoms with Crippen molar-refractivity contribution in [2.45, 2.75) is 29.9 Å². The summed E-state index contributed by atoms with van der Waals surface area (Å²) in [6, 6.07) is 13.8. The Morgan fingerprint density at radius 2 is 1.74 bits per heavy atom. The van der Waals surface area contributed by atoms with Crippen LogP contribution in [0.15, 0.2) is 78.0 Å². The van der Waals surface area contributed by atoms with Gasteiger partial charge in [0, 0.05) is 16.7 Å². The third-order valence-electron chi connectivity index (χ3n) is 5.35. The van der Waals surface area contributed by atoms with E-state index in [9.17, 15) is 27.6 Å². The van der Waals surface area contributed by atoms with Gasteiger partial charge in [-0.05, 0) is 66.7 Å². The van der Waals surface area contributed by atoms with Crippen LogP contribution in [0.2, 0.25) is 0 Å². The topological polar surface area (TPSA) is 82.6 Å². The van der Waals surface area contributed by atoms with E-state index in [-0.39, 0.29) is 34.8 Å². The van der Waals surface area contributed by atoms with Crippen LogP contribution in [0, 0.1) is 0 Å². The Hall–Kier alpha value is -3.86. The molecular weight excluding hydrogens is 481 g/mol. The van der Waals surface area contributed by atoms with Gasteiger partial charge >= 0.3 is 11.5 Å². The van der Waals surface area contributed by atoms with Crippen LogP contribution >= 0.6 is 11.8 Å². The quantitative estimate of drug-likeness (QED) is 0.367. The van der Waals surface area contributed by atoms with Crippen molar-refractivity contribution in [1.82, 2.24) is 9.88 Å². The summed E-state index contributed by atoms with van der Waals surface area (Å²) in [6.07, 6.45) is 2.97. The number of carbonyl (C=O) groups excluding carboxylic acids is 3. The number of urea groups is 1. The zero-order valence-electron chi connectivity index (χ0n) is 18.3. The molecule has 1 unspecified atom stereocenters. The van der Waals surface area contributed by atoms with Crippen molar-refractivity contribution in [3.05, 3.63) is 84.2 Å². The number of nitrogens with one attached hydrogen (secondary N) is 1. The predicted octanol–water partition coefficient (Wildman–Crippen LogP) is 5.30. The van der Waals surface area contributed by atoms with Crippen LogP contribution in [0.3, 0.4) is 0 Å². The van der Waals surface area contributed by atoms with Gasteiger partial charge in [-0.1, -0.05) is 18.2 Å². The fourth-order valence-corrected chi connectivity index (χ4v) is 4.13. The van der Waals surface area contributed by atoms with Gasteiger partial charge in [-0.25, -0.2) is 9.69 Å². The minimum absolute atomic E-state index is 0.0111. The second kappa shape index (κ2) is 9.79. The van der Waals surface area contributed by atoms with Crippen LogP contribution in [0.25, 0.3) is 0 Å². The van der Waals surface area contributed by atoms with Crippen molar-refractivity contribution < 1.29 is 27.6 Å². The number of nitrogens with zero attached hydrogens (tertiary/aromatic N) is 3. The molecule has 1 atom stereocenters. The number of imide groups is 1. The second-order valence-electron chi connectivity index (χ2n) is 7.65. The summed E-state index contributed by atoms with van der Waals surface area (Å²) in [5, 5.41) is 2.78. The lowest BCUT2D eigenvalue weighted by Gasteiger charge is -2.21. The van der Waals surface area contributed by atoms with Crippen LogP contribution < -0.4 is 10.2 Å². The van der Waals surface area contributed by atoms with Gasteiger partial charge in [0.05, 0.1) is 24.1 Å². The molecule has 1 saturated heterocycles. The number of aromatic nitrogens is 1. The van der Waals surface area contributed by atoms with Crippen molar-refractivity contribution >= 4 is 41.0 Å². The molecule has 0 spiro atoms. The molecule has 35 heavy (non-hydrogen) atoms. The third kappa shape index (κ3) is 5.46. The van der Waals surface area contributed by atoms with E-state index in [1.807, 2.05) is 0 Å². The Balaban J connectivity index is 1.53. The van der Waals surface area contributed by atoms with Gasteiger partial charge in [-0.2, -0.15) is 13.2 Å². The van der Waals surface area contributed by atoms with Crippen molar-refractivity contribution in [3.63, 3.8) is 0 Å². The second-order valence-corrected chi connectivity index (χ2v) is 8.79. The average Bonchev–Trinajstić information content (AvgIpc) is 3.03. The number of halogens is 3. The van der Waals surface area contributed by atoms with E-state index in [1.165, 1.54) is 41.6 Å². The van der Waals surface area contributed by atoms with Crippen LogP contribution in [-0.4, -0.2) is 39.3 Å². The lowest BCUT2D eigenvalue weighted by atomic mass is 10.1. The summed E-state index contributed by atoms with van der Waals surface area (Å²) in [5.74, 6) is -0.856. The van der Waals surface area contributed by atoms with E-state index in [1.54, 1.807) is 43.3 Å². The van der Waals surface area contributed by atoms with Crippen LogP contribution in [-0.2, 0) is 11.3 Å². The largest absolute Gasteiger partial charge is 0.446 e.